The molecule has 0 aliphatic carbocycles. The van der Waals surface area contributed by atoms with Gasteiger partial charge >= 0.3 is 11.8 Å². The fraction of sp³-hybridized carbons (Fsp3) is 0.333. The second-order valence-corrected chi connectivity index (χ2v) is 7.23. The summed E-state index contributed by atoms with van der Waals surface area (Å²) in [7, 11) is 0. The number of rotatable bonds is 5. The van der Waals surface area contributed by atoms with Gasteiger partial charge in [0.2, 0.25) is 5.82 Å². The molecule has 9 heteroatoms. The molecule has 3 heterocycles. The van der Waals surface area contributed by atoms with Crippen molar-refractivity contribution < 1.29 is 14.1 Å². The zero-order valence-corrected chi connectivity index (χ0v) is 16.3. The molecule has 1 saturated heterocycles. The normalized spacial score (nSPS) is 16.6. The Bertz CT molecular complexity index is 944. The smallest absolute Gasteiger partial charge is 0.316 e. The first-order valence-electron chi connectivity index (χ1n) is 8.66. The van der Waals surface area contributed by atoms with E-state index in [4.69, 9.17) is 9.26 Å². The summed E-state index contributed by atoms with van der Waals surface area (Å²) in [5.41, 5.74) is 2.36. The van der Waals surface area contributed by atoms with Gasteiger partial charge in [-0.3, -0.25) is 4.79 Å². The van der Waals surface area contributed by atoms with Crippen LogP contribution in [-0.2, 0) is 4.74 Å². The highest BCUT2D eigenvalue weighted by Gasteiger charge is 2.21. The Balaban J connectivity index is 1.49. The maximum absolute atomic E-state index is 12.2. The number of hydrogen-bond donors (Lipinski definition) is 1. The van der Waals surface area contributed by atoms with Gasteiger partial charge < -0.3 is 14.6 Å². The van der Waals surface area contributed by atoms with Gasteiger partial charge in [0.1, 0.15) is 0 Å². The first-order chi connectivity index (χ1) is 13.1. The number of carbonyl (C=O) groups is 1. The number of benzene rings is 1. The summed E-state index contributed by atoms with van der Waals surface area (Å²) >= 11 is 3.42. The molecule has 27 heavy (non-hydrogen) atoms. The SMILES string of the molecule is Cc1nn(-c2ccc(Br)cc2)cc1-c1noc(C(=O)NC[C@H]2CCCO2)n1. The Morgan fingerprint density at radius 1 is 1.37 bits per heavy atom. The van der Waals surface area contributed by atoms with E-state index in [0.29, 0.717) is 17.9 Å². The minimum atomic E-state index is -0.401. The third kappa shape index (κ3) is 3.93. The summed E-state index contributed by atoms with van der Waals surface area (Å²) in [6.45, 7) is 3.04. The fourth-order valence-corrected chi connectivity index (χ4v) is 3.18. The van der Waals surface area contributed by atoms with E-state index < -0.39 is 5.91 Å². The van der Waals surface area contributed by atoms with E-state index in [1.807, 2.05) is 37.4 Å². The fourth-order valence-electron chi connectivity index (χ4n) is 2.92. The highest BCUT2D eigenvalue weighted by molar-refractivity contribution is 9.10. The van der Waals surface area contributed by atoms with Gasteiger partial charge in [0.05, 0.1) is 23.0 Å². The van der Waals surface area contributed by atoms with Crippen molar-refractivity contribution >= 4 is 21.8 Å². The highest BCUT2D eigenvalue weighted by atomic mass is 79.9. The minimum absolute atomic E-state index is 0.0581. The van der Waals surface area contributed by atoms with Gasteiger partial charge in [-0.25, -0.2) is 4.68 Å². The van der Waals surface area contributed by atoms with Crippen LogP contribution in [0.1, 0.15) is 29.2 Å². The molecule has 2 aromatic heterocycles. The van der Waals surface area contributed by atoms with Crippen LogP contribution >= 0.6 is 15.9 Å². The van der Waals surface area contributed by atoms with E-state index in [1.54, 1.807) is 4.68 Å². The summed E-state index contributed by atoms with van der Waals surface area (Å²) in [4.78, 5) is 16.4. The summed E-state index contributed by atoms with van der Waals surface area (Å²) in [5, 5.41) is 11.2. The third-order valence-electron chi connectivity index (χ3n) is 4.37. The lowest BCUT2D eigenvalue weighted by Crippen LogP contribution is -2.31. The van der Waals surface area contributed by atoms with Crippen LogP contribution in [0.25, 0.3) is 17.1 Å². The zero-order chi connectivity index (χ0) is 18.8. The van der Waals surface area contributed by atoms with Gasteiger partial charge in [-0.15, -0.1) is 0 Å². The number of nitrogens with one attached hydrogen (secondary N) is 1. The molecule has 140 valence electrons. The number of halogens is 1. The van der Waals surface area contributed by atoms with E-state index in [9.17, 15) is 4.79 Å². The largest absolute Gasteiger partial charge is 0.376 e. The number of nitrogens with zero attached hydrogens (tertiary/aromatic N) is 4. The number of amides is 1. The second-order valence-electron chi connectivity index (χ2n) is 6.32. The summed E-state index contributed by atoms with van der Waals surface area (Å²) < 4.78 is 13.3. The first kappa shape index (κ1) is 17.9. The highest BCUT2D eigenvalue weighted by Crippen LogP contribution is 2.22. The third-order valence-corrected chi connectivity index (χ3v) is 4.89. The Labute approximate surface area is 164 Å². The van der Waals surface area contributed by atoms with E-state index in [2.05, 4.69) is 36.5 Å². The van der Waals surface area contributed by atoms with Crippen molar-refractivity contribution in [3.8, 4) is 17.1 Å². The summed E-state index contributed by atoms with van der Waals surface area (Å²) in [6.07, 6.45) is 3.84. The van der Waals surface area contributed by atoms with Crippen LogP contribution in [0.15, 0.2) is 39.5 Å². The van der Waals surface area contributed by atoms with Gasteiger partial charge in [-0.2, -0.15) is 10.1 Å². The minimum Gasteiger partial charge on any atom is -0.376 e. The van der Waals surface area contributed by atoms with Crippen molar-refractivity contribution in [3.63, 3.8) is 0 Å². The molecule has 0 radical (unpaired) electrons. The molecule has 0 unspecified atom stereocenters. The predicted molar refractivity (Wildman–Crippen MR) is 101 cm³/mol. The van der Waals surface area contributed by atoms with E-state index >= 15 is 0 Å². The van der Waals surface area contributed by atoms with Crippen LogP contribution in [0.5, 0.6) is 0 Å². The Kier molecular flexibility index (Phi) is 5.04. The van der Waals surface area contributed by atoms with Crippen LogP contribution in [0.4, 0.5) is 0 Å². The van der Waals surface area contributed by atoms with Gasteiger partial charge in [0, 0.05) is 23.8 Å². The van der Waals surface area contributed by atoms with Gasteiger partial charge in [0.25, 0.3) is 0 Å². The molecule has 1 aromatic carbocycles. The van der Waals surface area contributed by atoms with Crippen molar-refractivity contribution in [2.24, 2.45) is 0 Å². The molecule has 0 spiro atoms. The van der Waals surface area contributed by atoms with Gasteiger partial charge in [-0.05, 0) is 44.0 Å². The lowest BCUT2D eigenvalue weighted by molar-refractivity contribution is 0.0822. The molecule has 4 rings (SSSR count). The van der Waals surface area contributed by atoms with Crippen LogP contribution in [0, 0.1) is 6.92 Å². The molecule has 0 saturated carbocycles. The average Bonchev–Trinajstić information content (AvgIpc) is 3.41. The number of carbonyl (C=O) groups excluding carboxylic acids is 1. The van der Waals surface area contributed by atoms with E-state index in [-0.39, 0.29) is 12.0 Å². The topological polar surface area (TPSA) is 95.1 Å². The Morgan fingerprint density at radius 3 is 2.93 bits per heavy atom. The molecule has 8 nitrogen and oxygen atoms in total. The monoisotopic (exact) mass is 431 g/mol. The molecule has 0 bridgehead atoms. The summed E-state index contributed by atoms with van der Waals surface area (Å²) in [5.74, 6) is -0.140. The molecule has 1 N–H and O–H groups in total. The van der Waals surface area contributed by atoms with Gasteiger partial charge in [0.15, 0.2) is 0 Å². The molecule has 1 atom stereocenters. The number of aryl methyl sites for hydroxylation is 1. The lowest BCUT2D eigenvalue weighted by Gasteiger charge is -2.08. The van der Waals surface area contributed by atoms with E-state index in [0.717, 1.165) is 35.3 Å². The van der Waals surface area contributed by atoms with Crippen molar-refractivity contribution in [2.45, 2.75) is 25.9 Å². The van der Waals surface area contributed by atoms with Crippen LogP contribution < -0.4 is 5.32 Å². The molecule has 1 aliphatic rings. The molecular formula is C18H18BrN5O3. The molecule has 3 aromatic rings. The number of aromatic nitrogens is 4. The first-order valence-corrected chi connectivity index (χ1v) is 9.45. The zero-order valence-electron chi connectivity index (χ0n) is 14.7. The van der Waals surface area contributed by atoms with Crippen LogP contribution in [-0.4, -0.2) is 45.1 Å². The van der Waals surface area contributed by atoms with Crippen molar-refractivity contribution in [3.05, 3.63) is 46.5 Å². The van der Waals surface area contributed by atoms with Crippen LogP contribution in [0.2, 0.25) is 0 Å². The Hall–Kier alpha value is -2.52. The van der Waals surface area contributed by atoms with Gasteiger partial charge in [-0.1, -0.05) is 21.1 Å². The lowest BCUT2D eigenvalue weighted by atomic mass is 10.2. The van der Waals surface area contributed by atoms with E-state index in [1.165, 1.54) is 0 Å². The quantitative estimate of drug-likeness (QED) is 0.666. The molecular weight excluding hydrogens is 414 g/mol. The maximum Gasteiger partial charge on any atom is 0.316 e. The molecule has 1 amide bonds. The van der Waals surface area contributed by atoms with Crippen molar-refractivity contribution in [1.29, 1.82) is 0 Å². The predicted octanol–water partition coefficient (Wildman–Crippen LogP) is 2.90. The Morgan fingerprint density at radius 2 is 2.19 bits per heavy atom. The summed E-state index contributed by atoms with van der Waals surface area (Å²) in [6, 6.07) is 7.77. The standard InChI is InChI=1S/C18H18BrN5O3/c1-11-15(10-24(22-11)13-6-4-12(19)5-7-13)16-21-18(27-23-16)17(25)20-9-14-3-2-8-26-14/h4-7,10,14H,2-3,8-9H2,1H3,(H,20,25)/t14-/m1/s1. The number of ether oxygens (including phenoxy) is 1. The average molecular weight is 432 g/mol. The van der Waals surface area contributed by atoms with Crippen molar-refractivity contribution in [1.82, 2.24) is 25.2 Å². The molecule has 1 aliphatic heterocycles. The molecule has 1 fully saturated rings. The second kappa shape index (κ2) is 7.61. The maximum atomic E-state index is 12.2. The number of hydrogen-bond acceptors (Lipinski definition) is 6. The van der Waals surface area contributed by atoms with Crippen molar-refractivity contribution in [2.75, 3.05) is 13.2 Å². The van der Waals surface area contributed by atoms with Crippen LogP contribution in [0.3, 0.4) is 0 Å².